The van der Waals surface area contributed by atoms with E-state index in [1.807, 2.05) is 0 Å². The Balaban J connectivity index is 2.84. The molecule has 0 unspecified atom stereocenters. The van der Waals surface area contributed by atoms with Gasteiger partial charge in [0.15, 0.2) is 0 Å². The maximum absolute atomic E-state index is 12.0. The van der Waals surface area contributed by atoms with Gasteiger partial charge in [-0.15, -0.1) is 0 Å². The summed E-state index contributed by atoms with van der Waals surface area (Å²) in [5, 5.41) is 0. The van der Waals surface area contributed by atoms with E-state index in [2.05, 4.69) is 26.3 Å². The molecule has 0 saturated heterocycles. The van der Waals surface area contributed by atoms with Gasteiger partial charge in [-0.25, -0.2) is 26.3 Å². The van der Waals surface area contributed by atoms with Gasteiger partial charge in [-0.1, -0.05) is 11.8 Å². The Hall–Kier alpha value is -1.51. The molecule has 0 spiro atoms. The number of pyridine rings is 1. The van der Waals surface area contributed by atoms with Crippen molar-refractivity contribution in [3.63, 3.8) is 0 Å². The number of hydrogen-bond acceptors (Lipinski definition) is 6. The molecule has 0 bridgehead atoms. The highest BCUT2D eigenvalue weighted by atomic mass is 32.2. The highest BCUT2D eigenvalue weighted by molar-refractivity contribution is 7.90. The molecule has 1 heterocycles. The summed E-state index contributed by atoms with van der Waals surface area (Å²) in [6.07, 6.45) is 2.57. The van der Waals surface area contributed by atoms with Gasteiger partial charge in [0, 0.05) is 24.5 Å². The summed E-state index contributed by atoms with van der Waals surface area (Å²) in [5.74, 6) is 4.90. The summed E-state index contributed by atoms with van der Waals surface area (Å²) in [7, 11) is -6.06. The van der Waals surface area contributed by atoms with Gasteiger partial charge >= 0.3 is 0 Å². The number of nitrogens with two attached hydrogens (primary N) is 1. The predicted molar refractivity (Wildman–Crippen MR) is 78.2 cm³/mol. The highest BCUT2D eigenvalue weighted by Gasteiger charge is 2.16. The van der Waals surface area contributed by atoms with Crippen LogP contribution in [0.3, 0.4) is 0 Å². The summed E-state index contributed by atoms with van der Waals surface area (Å²) in [6, 6.07) is 1.34. The van der Waals surface area contributed by atoms with Crippen LogP contribution in [0.15, 0.2) is 23.4 Å². The zero-order valence-corrected chi connectivity index (χ0v) is 13.0. The van der Waals surface area contributed by atoms with Crippen LogP contribution in [-0.4, -0.2) is 47.7 Å². The van der Waals surface area contributed by atoms with Crippen LogP contribution in [0, 0.1) is 11.8 Å². The van der Waals surface area contributed by atoms with Crippen LogP contribution in [0.4, 0.5) is 0 Å². The lowest BCUT2D eigenvalue weighted by molar-refractivity contribution is 0.578. The fraction of sp³-hybridized carbons (Fsp3) is 0.364. The third-order valence-electron chi connectivity index (χ3n) is 2.33. The van der Waals surface area contributed by atoms with Gasteiger partial charge in [0.05, 0.1) is 12.3 Å². The second-order valence-corrected chi connectivity index (χ2v) is 7.65. The van der Waals surface area contributed by atoms with Gasteiger partial charge < -0.3 is 5.73 Å². The summed E-state index contributed by atoms with van der Waals surface area (Å²) < 4.78 is 50.7. The van der Waals surface area contributed by atoms with Crippen LogP contribution in [0.1, 0.15) is 5.56 Å². The quantitative estimate of drug-likeness (QED) is 0.528. The van der Waals surface area contributed by atoms with Crippen LogP contribution in [-0.2, 0) is 20.0 Å². The molecule has 1 aromatic rings. The first-order valence-electron chi connectivity index (χ1n) is 5.85. The molecule has 0 saturated carbocycles. The fourth-order valence-corrected chi connectivity index (χ4v) is 3.01. The molecule has 0 atom stereocenters. The van der Waals surface area contributed by atoms with Crippen LogP contribution in [0.2, 0.25) is 0 Å². The molecule has 0 aliphatic rings. The van der Waals surface area contributed by atoms with Gasteiger partial charge in [-0.05, 0) is 13.1 Å². The Morgan fingerprint density at radius 1 is 1.29 bits per heavy atom. The number of hydrogen-bond donors (Lipinski definition) is 3. The van der Waals surface area contributed by atoms with Crippen molar-refractivity contribution in [2.45, 2.75) is 4.90 Å². The minimum absolute atomic E-state index is 0.0897. The summed E-state index contributed by atoms with van der Waals surface area (Å²) in [5.41, 5.74) is 5.64. The van der Waals surface area contributed by atoms with Gasteiger partial charge in [-0.3, -0.25) is 4.98 Å². The Morgan fingerprint density at radius 2 is 2.00 bits per heavy atom. The molecule has 0 amide bonds. The summed E-state index contributed by atoms with van der Waals surface area (Å²) in [4.78, 5) is 3.69. The lowest BCUT2D eigenvalue weighted by Crippen LogP contribution is -2.33. The Morgan fingerprint density at radius 3 is 2.62 bits per heavy atom. The normalized spacial score (nSPS) is 11.7. The minimum atomic E-state index is -3.84. The van der Waals surface area contributed by atoms with Crippen LogP contribution < -0.4 is 15.2 Å². The van der Waals surface area contributed by atoms with Crippen LogP contribution in [0.25, 0.3) is 0 Å². The molecule has 0 aromatic carbocycles. The molecule has 0 aliphatic heterocycles. The molecular weight excluding hydrogens is 316 g/mol. The molecule has 10 heteroatoms. The molecule has 21 heavy (non-hydrogen) atoms. The van der Waals surface area contributed by atoms with Crippen molar-refractivity contribution in [1.82, 2.24) is 14.4 Å². The van der Waals surface area contributed by atoms with Gasteiger partial charge in [-0.2, -0.15) is 0 Å². The summed E-state index contributed by atoms with van der Waals surface area (Å²) in [6.45, 7) is -0.0959. The Kier molecular flexibility index (Phi) is 6.25. The van der Waals surface area contributed by atoms with Crippen LogP contribution >= 0.6 is 0 Å². The van der Waals surface area contributed by atoms with E-state index in [0.717, 1.165) is 6.20 Å². The summed E-state index contributed by atoms with van der Waals surface area (Å²) >= 11 is 0. The lowest BCUT2D eigenvalue weighted by atomic mass is 10.3. The molecule has 0 radical (unpaired) electrons. The lowest BCUT2D eigenvalue weighted by Gasteiger charge is -2.07. The predicted octanol–water partition coefficient (Wildman–Crippen LogP) is -1.78. The molecule has 1 aromatic heterocycles. The zero-order valence-electron chi connectivity index (χ0n) is 11.3. The molecular formula is C11H16N4O4S2. The minimum Gasteiger partial charge on any atom is -0.320 e. The molecule has 0 fully saturated rings. The van der Waals surface area contributed by atoms with E-state index >= 15 is 0 Å². The number of sulfonamides is 2. The average Bonchev–Trinajstić information content (AvgIpc) is 2.45. The molecule has 1 rings (SSSR count). The smallest absolute Gasteiger partial charge is 0.242 e. The van der Waals surface area contributed by atoms with Crippen molar-refractivity contribution in [1.29, 1.82) is 0 Å². The standard InChI is InChI=1S/C11H16N4O4S2/c1-13-20(16,17)6-5-15-21(18,19)11-7-10(3-2-4-12)8-14-9-11/h7-9,13,15H,4-6,12H2,1H3. The highest BCUT2D eigenvalue weighted by Crippen LogP contribution is 2.08. The van der Waals surface area contributed by atoms with E-state index in [-0.39, 0.29) is 23.7 Å². The number of rotatable bonds is 6. The maximum Gasteiger partial charge on any atom is 0.242 e. The van der Waals surface area contributed by atoms with Gasteiger partial charge in [0.25, 0.3) is 0 Å². The average molecular weight is 332 g/mol. The van der Waals surface area contributed by atoms with Crippen molar-refractivity contribution in [3.05, 3.63) is 24.0 Å². The van der Waals surface area contributed by atoms with Crippen molar-refractivity contribution < 1.29 is 16.8 Å². The number of aromatic nitrogens is 1. The molecule has 8 nitrogen and oxygen atoms in total. The first-order valence-corrected chi connectivity index (χ1v) is 8.99. The molecule has 116 valence electrons. The monoisotopic (exact) mass is 332 g/mol. The largest absolute Gasteiger partial charge is 0.320 e. The van der Waals surface area contributed by atoms with Crippen molar-refractivity contribution >= 4 is 20.0 Å². The molecule has 4 N–H and O–H groups in total. The van der Waals surface area contributed by atoms with Crippen molar-refractivity contribution in [2.75, 3.05) is 25.9 Å². The second kappa shape index (κ2) is 7.48. The maximum atomic E-state index is 12.0. The van der Waals surface area contributed by atoms with E-state index in [4.69, 9.17) is 5.73 Å². The zero-order chi connectivity index (χ0) is 15.9. The first kappa shape index (κ1) is 17.5. The van der Waals surface area contributed by atoms with Gasteiger partial charge in [0.1, 0.15) is 4.90 Å². The van der Waals surface area contributed by atoms with Crippen molar-refractivity contribution in [3.8, 4) is 11.8 Å². The van der Waals surface area contributed by atoms with E-state index in [1.165, 1.54) is 19.3 Å². The van der Waals surface area contributed by atoms with E-state index < -0.39 is 20.0 Å². The van der Waals surface area contributed by atoms with E-state index in [1.54, 1.807) is 0 Å². The third kappa shape index (κ3) is 5.78. The Bertz CT molecular complexity index is 748. The first-order chi connectivity index (χ1) is 9.80. The third-order valence-corrected chi connectivity index (χ3v) is 5.12. The second-order valence-electron chi connectivity index (χ2n) is 3.84. The topological polar surface area (TPSA) is 131 Å². The SMILES string of the molecule is CNS(=O)(=O)CCNS(=O)(=O)c1cncc(C#CCN)c1. The van der Waals surface area contributed by atoms with E-state index in [0.29, 0.717) is 5.56 Å². The Labute approximate surface area is 124 Å². The van der Waals surface area contributed by atoms with Gasteiger partial charge in [0.2, 0.25) is 20.0 Å². The van der Waals surface area contributed by atoms with E-state index in [9.17, 15) is 16.8 Å². The van der Waals surface area contributed by atoms with Crippen molar-refractivity contribution in [2.24, 2.45) is 5.73 Å². The number of nitrogens with zero attached hydrogens (tertiary/aromatic N) is 1. The van der Waals surface area contributed by atoms with Crippen LogP contribution in [0.5, 0.6) is 0 Å². The fourth-order valence-electron chi connectivity index (χ4n) is 1.28. The molecule has 0 aliphatic carbocycles. The number of nitrogens with one attached hydrogen (secondary N) is 2.